The maximum atomic E-state index is 12.1. The van der Waals surface area contributed by atoms with Gasteiger partial charge in [0.1, 0.15) is 0 Å². The molecule has 1 fully saturated rings. The van der Waals surface area contributed by atoms with E-state index >= 15 is 0 Å². The van der Waals surface area contributed by atoms with Crippen molar-refractivity contribution in [3.05, 3.63) is 0 Å². The maximum absolute atomic E-state index is 12.1. The summed E-state index contributed by atoms with van der Waals surface area (Å²) >= 11 is 0. The highest BCUT2D eigenvalue weighted by Gasteiger charge is 2.46. The Labute approximate surface area is 90.9 Å². The van der Waals surface area contributed by atoms with Crippen molar-refractivity contribution < 1.29 is 18.4 Å². The monoisotopic (exact) mass is 234 g/mol. The van der Waals surface area contributed by atoms with Crippen molar-refractivity contribution in [2.75, 3.05) is 13.2 Å². The minimum absolute atomic E-state index is 0.175. The molecule has 0 aromatic rings. The van der Waals surface area contributed by atoms with Crippen molar-refractivity contribution in [3.63, 3.8) is 0 Å². The summed E-state index contributed by atoms with van der Waals surface area (Å²) in [6.07, 6.45) is 0. The molecule has 0 atom stereocenters. The molecule has 0 unspecified atom stereocenters. The molecule has 1 saturated heterocycles. The second-order valence-electron chi connectivity index (χ2n) is 5.76. The lowest BCUT2D eigenvalue weighted by atomic mass is 9.97. The van der Waals surface area contributed by atoms with E-state index in [1.807, 2.05) is 13.8 Å². The molecular weight excluding hydrogens is 215 g/mol. The summed E-state index contributed by atoms with van der Waals surface area (Å²) in [5, 5.41) is 0. The Kier molecular flexibility index (Phi) is 3.17. The average molecular weight is 234 g/mol. The fourth-order valence-corrected chi connectivity index (χ4v) is 3.30. The largest absolute Gasteiger partial charge is 0.397 e. The molecule has 5 heteroatoms. The highest BCUT2D eigenvalue weighted by atomic mass is 31.2. The van der Waals surface area contributed by atoms with Crippen LogP contribution in [0.25, 0.3) is 0 Å². The molecule has 1 aliphatic heterocycles. The van der Waals surface area contributed by atoms with Crippen LogP contribution in [0.15, 0.2) is 0 Å². The standard InChI is InChI=1S/C10H19O4P/c1-9(2,3)8(11)15(12)13-6-10(4,5)7-14-15/h6-7H2,1-5H3. The first-order valence-corrected chi connectivity index (χ1v) is 6.55. The third-order valence-corrected chi connectivity index (χ3v) is 4.25. The second kappa shape index (κ2) is 3.69. The van der Waals surface area contributed by atoms with Gasteiger partial charge in [-0.05, 0) is 0 Å². The van der Waals surface area contributed by atoms with Gasteiger partial charge in [-0.1, -0.05) is 34.6 Å². The summed E-state index contributed by atoms with van der Waals surface area (Å²) in [5.74, 6) is 0. The van der Waals surface area contributed by atoms with Crippen molar-refractivity contribution in [2.24, 2.45) is 10.8 Å². The van der Waals surface area contributed by atoms with E-state index in [9.17, 15) is 9.36 Å². The lowest BCUT2D eigenvalue weighted by molar-refractivity contribution is -0.122. The lowest BCUT2D eigenvalue weighted by Gasteiger charge is -2.35. The van der Waals surface area contributed by atoms with Crippen LogP contribution in [0.3, 0.4) is 0 Å². The number of hydrogen-bond donors (Lipinski definition) is 0. The van der Waals surface area contributed by atoms with Crippen LogP contribution in [-0.2, 0) is 18.4 Å². The maximum Gasteiger partial charge on any atom is 0.397 e. The molecular formula is C10H19O4P. The van der Waals surface area contributed by atoms with Crippen molar-refractivity contribution >= 4 is 13.1 Å². The van der Waals surface area contributed by atoms with Crippen LogP contribution in [0.2, 0.25) is 0 Å². The topological polar surface area (TPSA) is 52.6 Å². The third kappa shape index (κ3) is 2.90. The zero-order valence-electron chi connectivity index (χ0n) is 9.99. The van der Waals surface area contributed by atoms with Gasteiger partial charge in [0.25, 0.3) is 0 Å². The molecule has 1 heterocycles. The smallest absolute Gasteiger partial charge is 0.303 e. The van der Waals surface area contributed by atoms with Crippen LogP contribution in [-0.4, -0.2) is 18.7 Å². The SMILES string of the molecule is CC1(C)COP(=O)(C(=O)C(C)(C)C)OC1. The van der Waals surface area contributed by atoms with Gasteiger partial charge in [-0.15, -0.1) is 0 Å². The van der Waals surface area contributed by atoms with Gasteiger partial charge < -0.3 is 9.05 Å². The van der Waals surface area contributed by atoms with Crippen LogP contribution in [0.4, 0.5) is 0 Å². The molecule has 1 rings (SSSR count). The molecule has 0 N–H and O–H groups in total. The molecule has 4 nitrogen and oxygen atoms in total. The molecule has 1 aliphatic rings. The normalized spacial score (nSPS) is 24.9. The van der Waals surface area contributed by atoms with Gasteiger partial charge in [-0.3, -0.25) is 9.36 Å². The molecule has 0 radical (unpaired) electrons. The van der Waals surface area contributed by atoms with E-state index in [2.05, 4.69) is 0 Å². The van der Waals surface area contributed by atoms with E-state index in [-0.39, 0.29) is 5.41 Å². The summed E-state index contributed by atoms with van der Waals surface area (Å²) in [4.78, 5) is 11.8. The van der Waals surface area contributed by atoms with Gasteiger partial charge in [0.2, 0.25) is 5.52 Å². The molecule has 15 heavy (non-hydrogen) atoms. The van der Waals surface area contributed by atoms with Gasteiger partial charge in [0.05, 0.1) is 13.2 Å². The minimum atomic E-state index is -3.54. The van der Waals surface area contributed by atoms with Crippen LogP contribution >= 0.6 is 7.60 Å². The first kappa shape index (κ1) is 12.9. The van der Waals surface area contributed by atoms with Crippen LogP contribution in [0.1, 0.15) is 34.6 Å². The predicted molar refractivity (Wildman–Crippen MR) is 57.8 cm³/mol. The van der Waals surface area contributed by atoms with Crippen molar-refractivity contribution in [1.29, 1.82) is 0 Å². The van der Waals surface area contributed by atoms with Gasteiger partial charge in [-0.25, -0.2) is 0 Å². The van der Waals surface area contributed by atoms with Crippen molar-refractivity contribution in [2.45, 2.75) is 34.6 Å². The molecule has 0 aromatic carbocycles. The Balaban J connectivity index is 2.80. The number of hydrogen-bond acceptors (Lipinski definition) is 4. The van der Waals surface area contributed by atoms with E-state index in [4.69, 9.17) is 9.05 Å². The highest BCUT2D eigenvalue weighted by molar-refractivity contribution is 7.72. The van der Waals surface area contributed by atoms with Gasteiger partial charge in [-0.2, -0.15) is 0 Å². The molecule has 0 aliphatic carbocycles. The number of carbonyl (C=O) groups excluding carboxylic acids is 1. The number of carbonyl (C=O) groups is 1. The molecule has 0 bridgehead atoms. The van der Waals surface area contributed by atoms with E-state index in [0.717, 1.165) is 0 Å². The number of rotatable bonds is 1. The fraction of sp³-hybridized carbons (Fsp3) is 0.900. The Hall–Kier alpha value is -0.180. The van der Waals surface area contributed by atoms with E-state index < -0.39 is 18.5 Å². The van der Waals surface area contributed by atoms with E-state index in [1.54, 1.807) is 20.8 Å². The summed E-state index contributed by atoms with van der Waals surface area (Å²) < 4.78 is 22.4. The Morgan fingerprint density at radius 2 is 1.60 bits per heavy atom. The van der Waals surface area contributed by atoms with E-state index in [1.165, 1.54) is 0 Å². The fourth-order valence-electron chi connectivity index (χ4n) is 1.13. The van der Waals surface area contributed by atoms with Gasteiger partial charge >= 0.3 is 7.60 Å². The molecule has 0 spiro atoms. The minimum Gasteiger partial charge on any atom is -0.303 e. The predicted octanol–water partition coefficient (Wildman–Crippen LogP) is 2.83. The average Bonchev–Trinajstić information content (AvgIpc) is 2.08. The van der Waals surface area contributed by atoms with E-state index in [0.29, 0.717) is 13.2 Å². The summed E-state index contributed by atoms with van der Waals surface area (Å²) in [5.41, 5.74) is -1.31. The Morgan fingerprint density at radius 3 is 1.93 bits per heavy atom. The van der Waals surface area contributed by atoms with Crippen molar-refractivity contribution in [3.8, 4) is 0 Å². The van der Waals surface area contributed by atoms with Gasteiger partial charge in [0.15, 0.2) is 0 Å². The zero-order valence-corrected chi connectivity index (χ0v) is 10.9. The lowest BCUT2D eigenvalue weighted by Crippen LogP contribution is -2.33. The molecule has 88 valence electrons. The molecule has 0 amide bonds. The summed E-state index contributed by atoms with van der Waals surface area (Å²) in [6.45, 7) is 9.61. The second-order valence-corrected chi connectivity index (χ2v) is 7.68. The molecule has 0 aromatic heterocycles. The summed E-state index contributed by atoms with van der Waals surface area (Å²) in [6, 6.07) is 0. The first-order valence-electron chi connectivity index (χ1n) is 5.01. The van der Waals surface area contributed by atoms with Crippen LogP contribution < -0.4 is 0 Å². The summed E-state index contributed by atoms with van der Waals surface area (Å²) in [7, 11) is -3.54. The third-order valence-electron chi connectivity index (χ3n) is 2.14. The van der Waals surface area contributed by atoms with Crippen LogP contribution in [0, 0.1) is 10.8 Å². The zero-order chi connectivity index (χ0) is 11.9. The van der Waals surface area contributed by atoms with Gasteiger partial charge in [0, 0.05) is 10.8 Å². The van der Waals surface area contributed by atoms with Crippen LogP contribution in [0.5, 0.6) is 0 Å². The Morgan fingerprint density at radius 1 is 1.20 bits per heavy atom. The quantitative estimate of drug-likeness (QED) is 0.654. The highest BCUT2D eigenvalue weighted by Crippen LogP contribution is 2.57. The Bertz CT molecular complexity index is 300. The molecule has 0 saturated carbocycles. The first-order chi connectivity index (χ1) is 6.57. The van der Waals surface area contributed by atoms with Crippen molar-refractivity contribution in [1.82, 2.24) is 0 Å².